The third-order valence-corrected chi connectivity index (χ3v) is 6.70. The lowest BCUT2D eigenvalue weighted by atomic mass is 10.2. The highest BCUT2D eigenvalue weighted by atomic mass is 32.2. The molecule has 0 fully saturated rings. The number of benzene rings is 2. The van der Waals surface area contributed by atoms with Gasteiger partial charge >= 0.3 is 5.69 Å². The first-order valence-electron chi connectivity index (χ1n) is 11.5. The number of aryl methyl sites for hydroxylation is 1. The number of carbonyl (C=O) groups excluding carboxylic acids is 1. The van der Waals surface area contributed by atoms with Gasteiger partial charge in [-0.2, -0.15) is 0 Å². The van der Waals surface area contributed by atoms with Crippen LogP contribution in [0.25, 0.3) is 11.0 Å². The Balaban J connectivity index is 1.42. The van der Waals surface area contributed by atoms with Gasteiger partial charge in [0.2, 0.25) is 0 Å². The fourth-order valence-electron chi connectivity index (χ4n) is 3.86. The van der Waals surface area contributed by atoms with E-state index < -0.39 is 6.04 Å². The minimum atomic E-state index is -0.744. The van der Waals surface area contributed by atoms with E-state index in [1.165, 1.54) is 11.8 Å². The van der Waals surface area contributed by atoms with Crippen LogP contribution in [0.15, 0.2) is 71.1 Å². The highest BCUT2D eigenvalue weighted by Gasteiger charge is 2.23. The Kier molecular flexibility index (Phi) is 8.24. The van der Waals surface area contributed by atoms with Crippen molar-refractivity contribution in [1.82, 2.24) is 29.6 Å². The predicted octanol–water partition coefficient (Wildman–Crippen LogP) is 2.76. The summed E-state index contributed by atoms with van der Waals surface area (Å²) >= 11 is 1.50. The fraction of sp³-hybridized carbons (Fsp3) is 0.280. The number of aromatic amines is 1. The molecule has 10 nitrogen and oxygen atoms in total. The maximum absolute atomic E-state index is 12.7. The molecule has 1 atom stereocenters. The number of methoxy groups -OCH3 is 1. The molecule has 0 spiro atoms. The zero-order valence-electron chi connectivity index (χ0n) is 19.9. The normalized spacial score (nSPS) is 11.9. The largest absolute Gasteiger partial charge is 0.497 e. The number of H-pyrrole nitrogens is 1. The van der Waals surface area contributed by atoms with Gasteiger partial charge < -0.3 is 24.7 Å². The number of aliphatic hydroxyl groups is 1. The lowest BCUT2D eigenvalue weighted by molar-refractivity contribution is 0.0911. The molecule has 188 valence electrons. The van der Waals surface area contributed by atoms with Gasteiger partial charge in [0.15, 0.2) is 11.0 Å². The van der Waals surface area contributed by atoms with Crippen LogP contribution in [0.4, 0.5) is 0 Å². The monoisotopic (exact) mass is 508 g/mol. The summed E-state index contributed by atoms with van der Waals surface area (Å²) in [5, 5.41) is 22.0. The van der Waals surface area contributed by atoms with Crippen molar-refractivity contribution in [3.05, 3.63) is 83.1 Å². The van der Waals surface area contributed by atoms with Crippen LogP contribution in [0.5, 0.6) is 5.75 Å². The molecule has 0 aliphatic heterocycles. The minimum absolute atomic E-state index is 0.128. The summed E-state index contributed by atoms with van der Waals surface area (Å²) in [5.74, 6) is 1.44. The molecule has 0 aliphatic carbocycles. The third-order valence-electron chi connectivity index (χ3n) is 5.65. The fourth-order valence-corrected chi connectivity index (χ4v) is 4.73. The molecule has 4 aromatic rings. The summed E-state index contributed by atoms with van der Waals surface area (Å²) in [6, 6.07) is 13.5. The number of amides is 1. The second kappa shape index (κ2) is 11.7. The Morgan fingerprint density at radius 1 is 1.22 bits per heavy atom. The van der Waals surface area contributed by atoms with Gasteiger partial charge in [-0.05, 0) is 42.8 Å². The Hall–Kier alpha value is -3.83. The predicted molar refractivity (Wildman–Crippen MR) is 138 cm³/mol. The first-order chi connectivity index (χ1) is 17.5. The van der Waals surface area contributed by atoms with E-state index in [0.29, 0.717) is 41.1 Å². The quantitative estimate of drug-likeness (QED) is 0.153. The lowest BCUT2D eigenvalue weighted by Crippen LogP contribution is -2.33. The van der Waals surface area contributed by atoms with E-state index in [1.807, 2.05) is 28.8 Å². The minimum Gasteiger partial charge on any atom is -0.497 e. The Labute approximate surface area is 212 Å². The summed E-state index contributed by atoms with van der Waals surface area (Å²) < 4.78 is 8.68. The van der Waals surface area contributed by atoms with Crippen molar-refractivity contribution in [2.45, 2.75) is 30.7 Å². The van der Waals surface area contributed by atoms with Crippen LogP contribution < -0.4 is 15.7 Å². The number of fused-ring (bicyclic) bond motifs is 1. The van der Waals surface area contributed by atoms with Gasteiger partial charge in [0.1, 0.15) is 11.8 Å². The maximum Gasteiger partial charge on any atom is 0.326 e. The van der Waals surface area contributed by atoms with Gasteiger partial charge in [0.25, 0.3) is 5.91 Å². The molecule has 4 rings (SSSR count). The molecule has 0 aliphatic rings. The summed E-state index contributed by atoms with van der Waals surface area (Å²) in [5.41, 5.74) is 2.00. The summed E-state index contributed by atoms with van der Waals surface area (Å²) in [6.07, 6.45) is 2.45. The number of para-hydroxylation sites is 2. The van der Waals surface area contributed by atoms with Crippen molar-refractivity contribution in [1.29, 1.82) is 0 Å². The Bertz CT molecular complexity index is 1390. The SMILES string of the molecule is C=CCn1c(SCCCn2c(=O)[nH]c3ccccc32)nnc1C(CO)NC(=O)c1ccc(OC)cc1. The molecule has 2 heterocycles. The smallest absolute Gasteiger partial charge is 0.326 e. The standard InChI is InChI=1S/C25H28N6O4S/c1-3-13-31-22(20(16-32)26-23(33)17-9-11-18(35-2)12-10-17)28-29-25(31)36-15-6-14-30-21-8-5-4-7-19(21)27-24(30)34/h3-5,7-12,20,32H,1,6,13-16H2,2H3,(H,26,33)(H,27,34). The molecule has 11 heteroatoms. The van der Waals surface area contributed by atoms with E-state index >= 15 is 0 Å². The molecule has 0 saturated carbocycles. The number of aliphatic hydroxyl groups excluding tert-OH is 1. The van der Waals surface area contributed by atoms with Crippen LogP contribution in [0.1, 0.15) is 28.6 Å². The van der Waals surface area contributed by atoms with Crippen LogP contribution in [-0.4, -0.2) is 54.8 Å². The number of hydrogen-bond donors (Lipinski definition) is 3. The van der Waals surface area contributed by atoms with Gasteiger partial charge in [-0.1, -0.05) is 30.0 Å². The highest BCUT2D eigenvalue weighted by Crippen LogP contribution is 2.22. The molecule has 0 radical (unpaired) electrons. The van der Waals surface area contributed by atoms with Gasteiger partial charge in [0.05, 0.1) is 24.8 Å². The number of thioether (sulfide) groups is 1. The van der Waals surface area contributed by atoms with Crippen molar-refractivity contribution >= 4 is 28.7 Å². The number of hydrogen-bond acceptors (Lipinski definition) is 7. The molecule has 0 saturated heterocycles. The molecular weight excluding hydrogens is 480 g/mol. The molecular formula is C25H28N6O4S. The number of nitrogens with one attached hydrogen (secondary N) is 2. The number of rotatable bonds is 12. The van der Waals surface area contributed by atoms with E-state index in [2.05, 4.69) is 27.1 Å². The summed E-state index contributed by atoms with van der Waals surface area (Å²) in [7, 11) is 1.56. The van der Waals surface area contributed by atoms with Crippen molar-refractivity contribution < 1.29 is 14.6 Å². The topological polar surface area (TPSA) is 127 Å². The first-order valence-corrected chi connectivity index (χ1v) is 12.4. The Morgan fingerprint density at radius 2 is 2.00 bits per heavy atom. The number of imidazole rings is 1. The van der Waals surface area contributed by atoms with Crippen molar-refractivity contribution in [3.63, 3.8) is 0 Å². The van der Waals surface area contributed by atoms with E-state index in [0.717, 1.165) is 17.5 Å². The van der Waals surface area contributed by atoms with E-state index in [1.54, 1.807) is 42.0 Å². The van der Waals surface area contributed by atoms with Gasteiger partial charge in [-0.25, -0.2) is 4.79 Å². The third kappa shape index (κ3) is 5.52. The van der Waals surface area contributed by atoms with Gasteiger partial charge in [-0.3, -0.25) is 9.36 Å². The average Bonchev–Trinajstić information content (AvgIpc) is 3.45. The number of ether oxygens (including phenoxy) is 1. The van der Waals surface area contributed by atoms with Crippen molar-refractivity contribution in [2.75, 3.05) is 19.5 Å². The van der Waals surface area contributed by atoms with Gasteiger partial charge in [-0.15, -0.1) is 16.8 Å². The van der Waals surface area contributed by atoms with Crippen LogP contribution in [0.2, 0.25) is 0 Å². The molecule has 2 aromatic heterocycles. The number of carbonyl (C=O) groups is 1. The second-order valence-electron chi connectivity index (χ2n) is 7.98. The first kappa shape index (κ1) is 25.3. The average molecular weight is 509 g/mol. The molecule has 1 amide bonds. The molecule has 0 bridgehead atoms. The van der Waals surface area contributed by atoms with Crippen LogP contribution >= 0.6 is 11.8 Å². The summed E-state index contributed by atoms with van der Waals surface area (Å²) in [4.78, 5) is 27.9. The zero-order chi connectivity index (χ0) is 25.5. The summed E-state index contributed by atoms with van der Waals surface area (Å²) in [6.45, 7) is 4.45. The maximum atomic E-state index is 12.7. The van der Waals surface area contributed by atoms with Crippen LogP contribution in [0.3, 0.4) is 0 Å². The van der Waals surface area contributed by atoms with Crippen LogP contribution in [0, 0.1) is 0 Å². The van der Waals surface area contributed by atoms with E-state index in [4.69, 9.17) is 4.74 Å². The van der Waals surface area contributed by atoms with Crippen molar-refractivity contribution in [3.8, 4) is 5.75 Å². The van der Waals surface area contributed by atoms with E-state index in [9.17, 15) is 14.7 Å². The van der Waals surface area contributed by atoms with Crippen LogP contribution in [-0.2, 0) is 13.1 Å². The molecule has 3 N–H and O–H groups in total. The molecule has 2 aromatic carbocycles. The molecule has 1 unspecified atom stereocenters. The Morgan fingerprint density at radius 3 is 2.72 bits per heavy atom. The zero-order valence-corrected chi connectivity index (χ0v) is 20.7. The second-order valence-corrected chi connectivity index (χ2v) is 9.04. The highest BCUT2D eigenvalue weighted by molar-refractivity contribution is 7.99. The van der Waals surface area contributed by atoms with Gasteiger partial charge in [0, 0.05) is 24.4 Å². The molecule has 36 heavy (non-hydrogen) atoms. The number of nitrogens with zero attached hydrogens (tertiary/aromatic N) is 4. The van der Waals surface area contributed by atoms with Crippen molar-refractivity contribution in [2.24, 2.45) is 0 Å². The van der Waals surface area contributed by atoms with E-state index in [-0.39, 0.29) is 18.2 Å². The number of allylic oxidation sites excluding steroid dienone is 1. The number of aromatic nitrogens is 5. The lowest BCUT2D eigenvalue weighted by Gasteiger charge is -2.17.